The number of aliphatic hydroxyl groups is 2. The highest BCUT2D eigenvalue weighted by atomic mass is 16.5. The van der Waals surface area contributed by atoms with Crippen LogP contribution in [0.15, 0.2) is 12.2 Å². The van der Waals surface area contributed by atoms with E-state index >= 15 is 0 Å². The highest BCUT2D eigenvalue weighted by molar-refractivity contribution is 5.76. The van der Waals surface area contributed by atoms with Crippen molar-refractivity contribution in [3.63, 3.8) is 0 Å². The van der Waals surface area contributed by atoms with Crippen LogP contribution in [0.4, 0.5) is 0 Å². The molecule has 2 atom stereocenters. The summed E-state index contributed by atoms with van der Waals surface area (Å²) >= 11 is 0. The fourth-order valence-electron chi connectivity index (χ4n) is 14.4. The van der Waals surface area contributed by atoms with Crippen LogP contribution in [0.5, 0.6) is 0 Å². The van der Waals surface area contributed by atoms with Crippen molar-refractivity contribution in [3.8, 4) is 0 Å². The number of amides is 1. The lowest BCUT2D eigenvalue weighted by Gasteiger charge is -2.22. The molecule has 6 heteroatoms. The molecule has 0 aliphatic carbocycles. The Morgan fingerprint density at radius 3 is 0.755 bits per heavy atom. The maximum absolute atomic E-state index is 12.6. The number of aliphatic hydroxyl groups excluding tert-OH is 2. The zero-order chi connectivity index (χ0) is 67.7. The van der Waals surface area contributed by atoms with Crippen molar-refractivity contribution < 1.29 is 24.5 Å². The van der Waals surface area contributed by atoms with Crippen molar-refractivity contribution in [1.82, 2.24) is 5.32 Å². The third kappa shape index (κ3) is 79.6. The molecule has 560 valence electrons. The highest BCUT2D eigenvalue weighted by Gasteiger charge is 2.20. The fourth-order valence-corrected chi connectivity index (χ4v) is 14.4. The second-order valence-electron chi connectivity index (χ2n) is 30.6. The minimum absolute atomic E-state index is 0.0245. The van der Waals surface area contributed by atoms with Crippen LogP contribution >= 0.6 is 0 Å². The topological polar surface area (TPSA) is 95.9 Å². The summed E-state index contributed by atoms with van der Waals surface area (Å²) in [7, 11) is 0. The first-order valence-corrected chi connectivity index (χ1v) is 43.9. The van der Waals surface area contributed by atoms with Gasteiger partial charge in [0, 0.05) is 12.8 Å². The summed E-state index contributed by atoms with van der Waals surface area (Å²) in [6, 6.07) is -0.540. The monoisotopic (exact) mass is 1320 g/mol. The Labute approximate surface area is 590 Å². The van der Waals surface area contributed by atoms with Crippen LogP contribution in [-0.2, 0) is 14.3 Å². The third-order valence-corrected chi connectivity index (χ3v) is 21.1. The van der Waals surface area contributed by atoms with Gasteiger partial charge in [0.25, 0.3) is 0 Å². The van der Waals surface area contributed by atoms with Crippen molar-refractivity contribution in [2.24, 2.45) is 0 Å². The molecule has 2 unspecified atom stereocenters. The number of carbonyl (C=O) groups is 2. The van der Waals surface area contributed by atoms with E-state index in [0.29, 0.717) is 25.9 Å². The molecule has 0 bridgehead atoms. The second kappa shape index (κ2) is 84.0. The Morgan fingerprint density at radius 2 is 0.500 bits per heavy atom. The van der Waals surface area contributed by atoms with Crippen LogP contribution in [-0.4, -0.2) is 47.4 Å². The molecule has 0 saturated heterocycles. The standard InChI is InChI=1S/C88H173NO5/c1-3-5-7-9-11-13-15-17-19-21-22-23-24-36-39-42-45-49-52-56-60-64-68-72-76-80-86(91)85(84-90)89-87(92)81-77-73-69-65-61-57-53-50-46-43-40-37-34-32-30-28-26-25-27-29-31-33-35-38-41-44-47-51-55-59-63-67-71-75-79-83-94-88(93)82-78-74-70-66-62-58-54-48-20-18-16-14-12-10-8-6-4-2/h27,29,85-86,90-91H,3-26,28,30-84H2,1-2H3,(H,89,92)/b29-27-. The first-order valence-electron chi connectivity index (χ1n) is 43.9. The van der Waals surface area contributed by atoms with Gasteiger partial charge in [-0.3, -0.25) is 9.59 Å². The van der Waals surface area contributed by atoms with Gasteiger partial charge in [0.05, 0.1) is 25.4 Å². The number of hydrogen-bond donors (Lipinski definition) is 3. The van der Waals surface area contributed by atoms with Gasteiger partial charge in [-0.05, 0) is 51.4 Å². The summed E-state index contributed by atoms with van der Waals surface area (Å²) in [5, 5.41) is 23.5. The predicted octanol–water partition coefficient (Wildman–Crippen LogP) is 29.4. The second-order valence-corrected chi connectivity index (χ2v) is 30.6. The number of carbonyl (C=O) groups excluding carboxylic acids is 2. The predicted molar refractivity (Wildman–Crippen MR) is 417 cm³/mol. The molecule has 0 heterocycles. The lowest BCUT2D eigenvalue weighted by atomic mass is 10.0. The molecule has 1 amide bonds. The molecule has 0 spiro atoms. The molecule has 0 saturated carbocycles. The number of rotatable bonds is 84. The molecule has 0 rings (SSSR count). The first kappa shape index (κ1) is 92.6. The van der Waals surface area contributed by atoms with E-state index in [4.69, 9.17) is 4.74 Å². The number of hydrogen-bond acceptors (Lipinski definition) is 5. The molecule has 0 radical (unpaired) electrons. The average molecular weight is 1330 g/mol. The van der Waals surface area contributed by atoms with E-state index in [1.165, 1.54) is 443 Å². The van der Waals surface area contributed by atoms with E-state index in [1.807, 2.05) is 0 Å². The maximum Gasteiger partial charge on any atom is 0.305 e. The van der Waals surface area contributed by atoms with Gasteiger partial charge in [-0.25, -0.2) is 0 Å². The van der Waals surface area contributed by atoms with E-state index < -0.39 is 12.1 Å². The Kier molecular flexibility index (Phi) is 82.8. The summed E-state index contributed by atoms with van der Waals surface area (Å²) in [6.07, 6.45) is 108. The van der Waals surface area contributed by atoms with Gasteiger partial charge in [0.2, 0.25) is 5.91 Å². The summed E-state index contributed by atoms with van der Waals surface area (Å²) in [5.74, 6) is 0.00124. The van der Waals surface area contributed by atoms with Crippen LogP contribution in [0.1, 0.15) is 515 Å². The van der Waals surface area contributed by atoms with E-state index in [-0.39, 0.29) is 18.5 Å². The number of ether oxygens (including phenoxy) is 1. The van der Waals surface area contributed by atoms with Crippen LogP contribution in [0.3, 0.4) is 0 Å². The minimum Gasteiger partial charge on any atom is -0.466 e. The van der Waals surface area contributed by atoms with Crippen molar-refractivity contribution in [2.45, 2.75) is 527 Å². The maximum atomic E-state index is 12.6. The Morgan fingerprint density at radius 1 is 0.287 bits per heavy atom. The average Bonchev–Trinajstić information content (AvgIpc) is 3.64. The molecular weight excluding hydrogens is 1150 g/mol. The molecule has 0 aromatic carbocycles. The summed E-state index contributed by atoms with van der Waals surface area (Å²) in [5.41, 5.74) is 0. The molecule has 6 nitrogen and oxygen atoms in total. The molecule has 0 aromatic rings. The zero-order valence-corrected chi connectivity index (χ0v) is 64.5. The quantitative estimate of drug-likeness (QED) is 0.0320. The van der Waals surface area contributed by atoms with Crippen molar-refractivity contribution in [1.29, 1.82) is 0 Å². The number of unbranched alkanes of at least 4 members (excludes halogenated alkanes) is 71. The normalized spacial score (nSPS) is 12.4. The van der Waals surface area contributed by atoms with Gasteiger partial charge >= 0.3 is 5.97 Å². The van der Waals surface area contributed by atoms with Crippen molar-refractivity contribution in [3.05, 3.63) is 12.2 Å². The summed E-state index contributed by atoms with van der Waals surface area (Å²) < 4.78 is 5.52. The van der Waals surface area contributed by atoms with Crippen LogP contribution in [0, 0.1) is 0 Å². The van der Waals surface area contributed by atoms with Crippen LogP contribution < -0.4 is 5.32 Å². The zero-order valence-electron chi connectivity index (χ0n) is 64.5. The van der Waals surface area contributed by atoms with Gasteiger partial charge in [0.1, 0.15) is 0 Å². The van der Waals surface area contributed by atoms with Gasteiger partial charge in [0.15, 0.2) is 0 Å². The largest absolute Gasteiger partial charge is 0.466 e. The highest BCUT2D eigenvalue weighted by Crippen LogP contribution is 2.21. The molecule has 0 aliphatic heterocycles. The van der Waals surface area contributed by atoms with E-state index in [1.54, 1.807) is 0 Å². The third-order valence-electron chi connectivity index (χ3n) is 21.1. The van der Waals surface area contributed by atoms with Gasteiger partial charge < -0.3 is 20.3 Å². The fraction of sp³-hybridized carbons (Fsp3) is 0.955. The van der Waals surface area contributed by atoms with Crippen LogP contribution in [0.2, 0.25) is 0 Å². The summed E-state index contributed by atoms with van der Waals surface area (Å²) in [4.78, 5) is 24.7. The SMILES string of the molecule is CCCCCCCCCCCCCCCCCCCCCCCCCCCC(O)C(CO)NC(=O)CCCCCCCCCCCCCCCCCCC/C=C\CCCCCCCCCCCCCCCCOC(=O)CCCCCCCCCCCCCCCCCCC. The van der Waals surface area contributed by atoms with Crippen molar-refractivity contribution in [2.75, 3.05) is 13.2 Å². The van der Waals surface area contributed by atoms with Gasteiger partial charge in [-0.1, -0.05) is 463 Å². The molecule has 0 fully saturated rings. The summed E-state index contributed by atoms with van der Waals surface area (Å²) in [6.45, 7) is 5.03. The van der Waals surface area contributed by atoms with E-state index in [9.17, 15) is 19.8 Å². The van der Waals surface area contributed by atoms with Gasteiger partial charge in [-0.15, -0.1) is 0 Å². The number of allylic oxidation sites excluding steroid dienone is 2. The lowest BCUT2D eigenvalue weighted by Crippen LogP contribution is -2.45. The Bertz CT molecular complexity index is 1430. The molecule has 0 aliphatic rings. The first-order chi connectivity index (χ1) is 46.5. The minimum atomic E-state index is -0.663. The Hall–Kier alpha value is -1.40. The molecular formula is C88H173NO5. The van der Waals surface area contributed by atoms with Crippen molar-refractivity contribution >= 4 is 11.9 Å². The molecule has 94 heavy (non-hydrogen) atoms. The van der Waals surface area contributed by atoms with E-state index in [0.717, 1.165) is 38.5 Å². The number of nitrogens with one attached hydrogen (secondary N) is 1. The Balaban J connectivity index is 3.33. The van der Waals surface area contributed by atoms with Crippen LogP contribution in [0.25, 0.3) is 0 Å². The van der Waals surface area contributed by atoms with Gasteiger partial charge in [-0.2, -0.15) is 0 Å². The van der Waals surface area contributed by atoms with E-state index in [2.05, 4.69) is 31.3 Å². The molecule has 0 aromatic heterocycles. The molecule has 3 N–H and O–H groups in total. The lowest BCUT2D eigenvalue weighted by molar-refractivity contribution is -0.143. The number of esters is 1. The smallest absolute Gasteiger partial charge is 0.305 e.